The molecule has 0 radical (unpaired) electrons. The molecule has 0 aliphatic carbocycles. The normalized spacial score (nSPS) is 11.2. The number of aliphatic hydroxyl groups excluding tert-OH is 1. The maximum atomic E-state index is 12.7. The van der Waals surface area contributed by atoms with E-state index >= 15 is 0 Å². The number of allylic oxidation sites excluding steroid dienone is 1. The molecule has 3 aromatic rings. The lowest BCUT2D eigenvalue weighted by atomic mass is 10.1. The van der Waals surface area contributed by atoms with E-state index in [1.54, 1.807) is 18.2 Å². The smallest absolute Gasteiger partial charge is 0.190 e. The van der Waals surface area contributed by atoms with Crippen molar-refractivity contribution >= 4 is 57.0 Å². The third-order valence-corrected chi connectivity index (χ3v) is 5.04. The molecule has 26 heavy (non-hydrogen) atoms. The standard InChI is InChI=1S/C20H15ClINO3/c1-26-18-9-12(11-24)8-15(22)19(18)17(25)7-6-14-10-13-4-2-3-5-16(13)23-20(14)21/h2-10,24H,11H2,1H3/b7-6+. The molecule has 4 nitrogen and oxygen atoms in total. The zero-order chi connectivity index (χ0) is 18.7. The lowest BCUT2D eigenvalue weighted by Crippen LogP contribution is -2.03. The molecular formula is C20H15ClINO3. The van der Waals surface area contributed by atoms with E-state index in [0.29, 0.717) is 31.2 Å². The Balaban J connectivity index is 1.97. The maximum absolute atomic E-state index is 12.7. The van der Waals surface area contributed by atoms with Gasteiger partial charge in [-0.15, -0.1) is 0 Å². The van der Waals surface area contributed by atoms with Crippen molar-refractivity contribution in [2.45, 2.75) is 6.61 Å². The molecule has 132 valence electrons. The second-order valence-electron chi connectivity index (χ2n) is 5.57. The van der Waals surface area contributed by atoms with E-state index in [0.717, 1.165) is 10.9 Å². The minimum Gasteiger partial charge on any atom is -0.496 e. The minimum atomic E-state index is -0.208. The average molecular weight is 480 g/mol. The van der Waals surface area contributed by atoms with Crippen molar-refractivity contribution in [3.8, 4) is 5.75 Å². The molecule has 0 bridgehead atoms. The van der Waals surface area contributed by atoms with Crippen LogP contribution in [-0.4, -0.2) is 23.0 Å². The topological polar surface area (TPSA) is 59.4 Å². The number of methoxy groups -OCH3 is 1. The van der Waals surface area contributed by atoms with Gasteiger partial charge in [0.2, 0.25) is 0 Å². The van der Waals surface area contributed by atoms with Crippen LogP contribution in [0.2, 0.25) is 5.15 Å². The molecule has 0 spiro atoms. The molecule has 0 saturated heterocycles. The Morgan fingerprint density at radius 2 is 2.08 bits per heavy atom. The number of pyridine rings is 1. The number of hydrogen-bond acceptors (Lipinski definition) is 4. The Labute approximate surface area is 169 Å². The summed E-state index contributed by atoms with van der Waals surface area (Å²) in [7, 11) is 1.50. The summed E-state index contributed by atoms with van der Waals surface area (Å²) >= 11 is 8.30. The predicted octanol–water partition coefficient (Wildman–Crippen LogP) is 4.89. The Bertz CT molecular complexity index is 1020. The third kappa shape index (κ3) is 3.90. The first kappa shape index (κ1) is 18.8. The molecule has 0 aliphatic rings. The fourth-order valence-electron chi connectivity index (χ4n) is 2.60. The largest absolute Gasteiger partial charge is 0.496 e. The van der Waals surface area contributed by atoms with Gasteiger partial charge in [-0.2, -0.15) is 0 Å². The van der Waals surface area contributed by atoms with Crippen molar-refractivity contribution in [3.63, 3.8) is 0 Å². The Kier molecular flexibility index (Phi) is 5.90. The SMILES string of the molecule is COc1cc(CO)cc(I)c1C(=O)/C=C/c1cc2ccccc2nc1Cl. The van der Waals surface area contributed by atoms with Crippen LogP contribution in [0, 0.1) is 3.57 Å². The number of nitrogens with zero attached hydrogens (tertiary/aromatic N) is 1. The number of benzene rings is 2. The van der Waals surface area contributed by atoms with Gasteiger partial charge in [-0.05, 0) is 64.6 Å². The predicted molar refractivity (Wildman–Crippen MR) is 112 cm³/mol. The lowest BCUT2D eigenvalue weighted by molar-refractivity contribution is 0.104. The van der Waals surface area contributed by atoms with Crippen molar-refractivity contribution in [2.75, 3.05) is 7.11 Å². The maximum Gasteiger partial charge on any atom is 0.190 e. The van der Waals surface area contributed by atoms with Crippen LogP contribution < -0.4 is 4.74 Å². The summed E-state index contributed by atoms with van der Waals surface area (Å²) in [6.45, 7) is -0.116. The Hall–Kier alpha value is -1.96. The van der Waals surface area contributed by atoms with Gasteiger partial charge in [-0.3, -0.25) is 4.79 Å². The monoisotopic (exact) mass is 479 g/mol. The van der Waals surface area contributed by atoms with Crippen LogP contribution in [0.5, 0.6) is 5.75 Å². The molecule has 0 fully saturated rings. The summed E-state index contributed by atoms with van der Waals surface area (Å²) in [6, 6.07) is 13.0. The van der Waals surface area contributed by atoms with Crippen LogP contribution in [0.15, 0.2) is 48.5 Å². The number of aromatic nitrogens is 1. The highest BCUT2D eigenvalue weighted by molar-refractivity contribution is 14.1. The molecule has 0 saturated carbocycles. The van der Waals surface area contributed by atoms with Gasteiger partial charge in [0, 0.05) is 14.5 Å². The van der Waals surface area contributed by atoms with Crippen LogP contribution in [-0.2, 0) is 6.61 Å². The number of ketones is 1. The summed E-state index contributed by atoms with van der Waals surface area (Å²) in [4.78, 5) is 17.0. The first-order chi connectivity index (χ1) is 12.5. The fraction of sp³-hybridized carbons (Fsp3) is 0.100. The summed E-state index contributed by atoms with van der Waals surface area (Å²) in [5.74, 6) is 0.221. The van der Waals surface area contributed by atoms with Gasteiger partial charge >= 0.3 is 0 Å². The van der Waals surface area contributed by atoms with Gasteiger partial charge in [-0.25, -0.2) is 4.98 Å². The summed E-state index contributed by atoms with van der Waals surface area (Å²) in [5.41, 5.74) is 2.61. The molecule has 0 aliphatic heterocycles. The fourth-order valence-corrected chi connectivity index (χ4v) is 3.74. The number of halogens is 2. The first-order valence-electron chi connectivity index (χ1n) is 7.78. The molecule has 6 heteroatoms. The van der Waals surface area contributed by atoms with Gasteiger partial charge in [-0.1, -0.05) is 29.8 Å². The number of carbonyl (C=O) groups is 1. The molecule has 1 N–H and O–H groups in total. The van der Waals surface area contributed by atoms with Crippen LogP contribution in [0.25, 0.3) is 17.0 Å². The van der Waals surface area contributed by atoms with Crippen LogP contribution in [0.3, 0.4) is 0 Å². The highest BCUT2D eigenvalue weighted by Gasteiger charge is 2.16. The number of ether oxygens (including phenoxy) is 1. The van der Waals surface area contributed by atoms with Gasteiger partial charge in [0.1, 0.15) is 10.9 Å². The average Bonchev–Trinajstić information content (AvgIpc) is 2.65. The highest BCUT2D eigenvalue weighted by Crippen LogP contribution is 2.28. The van der Waals surface area contributed by atoms with Crippen molar-refractivity contribution in [1.29, 1.82) is 0 Å². The minimum absolute atomic E-state index is 0.116. The lowest BCUT2D eigenvalue weighted by Gasteiger charge is -2.10. The Morgan fingerprint density at radius 1 is 1.31 bits per heavy atom. The van der Waals surface area contributed by atoms with E-state index in [4.69, 9.17) is 16.3 Å². The molecule has 1 heterocycles. The van der Waals surface area contributed by atoms with Crippen molar-refractivity contribution in [3.05, 3.63) is 74.0 Å². The second kappa shape index (κ2) is 8.16. The van der Waals surface area contributed by atoms with E-state index in [1.165, 1.54) is 13.2 Å². The highest BCUT2D eigenvalue weighted by atomic mass is 127. The van der Waals surface area contributed by atoms with Crippen molar-refractivity contribution in [2.24, 2.45) is 0 Å². The van der Waals surface area contributed by atoms with E-state index in [2.05, 4.69) is 27.6 Å². The van der Waals surface area contributed by atoms with E-state index < -0.39 is 0 Å². The molecular weight excluding hydrogens is 465 g/mol. The molecule has 2 aromatic carbocycles. The quantitative estimate of drug-likeness (QED) is 0.245. The summed E-state index contributed by atoms with van der Waals surface area (Å²) in [5, 5.41) is 10.6. The zero-order valence-electron chi connectivity index (χ0n) is 13.9. The number of hydrogen-bond donors (Lipinski definition) is 1. The van der Waals surface area contributed by atoms with Crippen LogP contribution in [0.4, 0.5) is 0 Å². The molecule has 0 amide bonds. The third-order valence-electron chi connectivity index (χ3n) is 3.88. The second-order valence-corrected chi connectivity index (χ2v) is 7.09. The van der Waals surface area contributed by atoms with Crippen molar-refractivity contribution in [1.82, 2.24) is 4.98 Å². The number of rotatable bonds is 5. The molecule has 1 aromatic heterocycles. The Morgan fingerprint density at radius 3 is 2.81 bits per heavy atom. The van der Waals surface area contributed by atoms with Gasteiger partial charge < -0.3 is 9.84 Å². The van der Waals surface area contributed by atoms with Gasteiger partial charge in [0.15, 0.2) is 5.78 Å². The van der Waals surface area contributed by atoms with Gasteiger partial charge in [0.05, 0.1) is 24.8 Å². The van der Waals surface area contributed by atoms with Crippen molar-refractivity contribution < 1.29 is 14.6 Å². The number of para-hydroxylation sites is 1. The zero-order valence-corrected chi connectivity index (χ0v) is 16.8. The van der Waals surface area contributed by atoms with Crippen LogP contribution >= 0.6 is 34.2 Å². The first-order valence-corrected chi connectivity index (χ1v) is 9.24. The molecule has 0 atom stereocenters. The number of carbonyl (C=O) groups excluding carboxylic acids is 1. The number of fused-ring (bicyclic) bond motifs is 1. The van der Waals surface area contributed by atoms with E-state index in [-0.39, 0.29) is 12.4 Å². The van der Waals surface area contributed by atoms with Gasteiger partial charge in [0.25, 0.3) is 0 Å². The summed E-state index contributed by atoms with van der Waals surface area (Å²) < 4.78 is 6.03. The number of aliphatic hydroxyl groups is 1. The van der Waals surface area contributed by atoms with E-state index in [9.17, 15) is 9.90 Å². The molecule has 0 unspecified atom stereocenters. The summed E-state index contributed by atoms with van der Waals surface area (Å²) in [6.07, 6.45) is 3.11. The molecule has 3 rings (SSSR count). The van der Waals surface area contributed by atoms with Crippen LogP contribution in [0.1, 0.15) is 21.5 Å². The van der Waals surface area contributed by atoms with E-state index in [1.807, 2.05) is 30.3 Å².